The molecule has 0 fully saturated rings. The van der Waals surface area contributed by atoms with E-state index in [-0.39, 0.29) is 4.90 Å². The Morgan fingerprint density at radius 2 is 1.88 bits per heavy atom. The number of benzene rings is 1. The fraction of sp³-hybridized carbons (Fsp3) is 0.538. The molecule has 3 nitrogen and oxygen atoms in total. The molecular formula is C13H21NO2S. The zero-order chi connectivity index (χ0) is 12.9. The van der Waals surface area contributed by atoms with Crippen molar-refractivity contribution in [3.8, 4) is 0 Å². The van der Waals surface area contributed by atoms with Crippen molar-refractivity contribution in [3.63, 3.8) is 0 Å². The molecule has 0 atom stereocenters. The highest BCUT2D eigenvalue weighted by Gasteiger charge is 2.09. The van der Waals surface area contributed by atoms with Crippen LogP contribution >= 0.6 is 0 Å². The fourth-order valence-electron chi connectivity index (χ4n) is 1.84. The zero-order valence-corrected chi connectivity index (χ0v) is 11.4. The van der Waals surface area contributed by atoms with Gasteiger partial charge in [-0.2, -0.15) is 0 Å². The summed E-state index contributed by atoms with van der Waals surface area (Å²) in [6, 6.07) is 5.10. The van der Waals surface area contributed by atoms with Crippen LogP contribution < -0.4 is 5.14 Å². The number of sulfonamides is 1. The average Bonchev–Trinajstić information content (AvgIpc) is 2.25. The molecule has 1 aromatic rings. The summed E-state index contributed by atoms with van der Waals surface area (Å²) in [5, 5.41) is 5.12. The number of unbranched alkanes of at least 4 members (excludes halogenated alkanes) is 3. The van der Waals surface area contributed by atoms with Gasteiger partial charge in [0, 0.05) is 0 Å². The molecule has 0 spiro atoms. The van der Waals surface area contributed by atoms with Crippen molar-refractivity contribution in [2.75, 3.05) is 0 Å². The monoisotopic (exact) mass is 255 g/mol. The Morgan fingerprint density at radius 1 is 1.18 bits per heavy atom. The molecule has 0 aliphatic heterocycles. The van der Waals surface area contributed by atoms with Crippen molar-refractivity contribution in [3.05, 3.63) is 29.3 Å². The molecule has 1 rings (SSSR count). The molecule has 0 unspecified atom stereocenters. The van der Waals surface area contributed by atoms with Crippen LogP contribution in [0.15, 0.2) is 23.1 Å². The minimum Gasteiger partial charge on any atom is -0.225 e. The SMILES string of the molecule is CCCCCCc1cc(S(N)(=O)=O)ccc1C. The van der Waals surface area contributed by atoms with E-state index in [2.05, 4.69) is 6.92 Å². The first-order valence-electron chi connectivity index (χ1n) is 6.07. The number of hydrogen-bond donors (Lipinski definition) is 1. The molecule has 0 amide bonds. The smallest absolute Gasteiger partial charge is 0.225 e. The first-order valence-corrected chi connectivity index (χ1v) is 7.62. The van der Waals surface area contributed by atoms with E-state index in [0.29, 0.717) is 0 Å². The van der Waals surface area contributed by atoms with E-state index in [1.54, 1.807) is 12.1 Å². The Hall–Kier alpha value is -0.870. The highest BCUT2D eigenvalue weighted by Crippen LogP contribution is 2.17. The van der Waals surface area contributed by atoms with Gasteiger partial charge in [0.2, 0.25) is 10.0 Å². The first kappa shape index (κ1) is 14.2. The highest BCUT2D eigenvalue weighted by atomic mass is 32.2. The molecule has 1 aromatic carbocycles. The average molecular weight is 255 g/mol. The molecule has 0 aromatic heterocycles. The van der Waals surface area contributed by atoms with Crippen molar-refractivity contribution in [1.82, 2.24) is 0 Å². The maximum atomic E-state index is 11.3. The molecule has 0 aliphatic carbocycles. The maximum absolute atomic E-state index is 11.3. The molecule has 4 heteroatoms. The predicted molar refractivity (Wildman–Crippen MR) is 70.4 cm³/mol. The van der Waals surface area contributed by atoms with Crippen LogP contribution in [0, 0.1) is 6.92 Å². The third-order valence-electron chi connectivity index (χ3n) is 2.95. The van der Waals surface area contributed by atoms with E-state index in [9.17, 15) is 8.42 Å². The summed E-state index contributed by atoms with van der Waals surface area (Å²) in [7, 11) is -3.58. The zero-order valence-electron chi connectivity index (χ0n) is 10.6. The van der Waals surface area contributed by atoms with Gasteiger partial charge in [0.05, 0.1) is 4.90 Å². The molecule has 0 bridgehead atoms. The number of aryl methyl sites for hydroxylation is 2. The molecular weight excluding hydrogens is 234 g/mol. The normalized spacial score (nSPS) is 11.7. The van der Waals surface area contributed by atoms with Gasteiger partial charge in [0.15, 0.2) is 0 Å². The lowest BCUT2D eigenvalue weighted by Gasteiger charge is -2.07. The van der Waals surface area contributed by atoms with Gasteiger partial charge in [-0.15, -0.1) is 0 Å². The molecule has 96 valence electrons. The standard InChI is InChI=1S/C13H21NO2S/c1-3-4-5-6-7-12-10-13(17(14,15)16)9-8-11(12)2/h8-10H,3-7H2,1-2H3,(H2,14,15,16). The number of rotatable bonds is 6. The van der Waals surface area contributed by atoms with Crippen LogP contribution in [0.1, 0.15) is 43.7 Å². The van der Waals surface area contributed by atoms with Crippen molar-refractivity contribution >= 4 is 10.0 Å². The van der Waals surface area contributed by atoms with E-state index in [1.165, 1.54) is 19.3 Å². The van der Waals surface area contributed by atoms with Gasteiger partial charge >= 0.3 is 0 Å². The lowest BCUT2D eigenvalue weighted by molar-refractivity contribution is 0.597. The van der Waals surface area contributed by atoms with Crippen LogP contribution in [0.25, 0.3) is 0 Å². The van der Waals surface area contributed by atoms with Gasteiger partial charge in [-0.25, -0.2) is 13.6 Å². The highest BCUT2D eigenvalue weighted by molar-refractivity contribution is 7.89. The molecule has 0 aliphatic rings. The number of nitrogens with two attached hydrogens (primary N) is 1. The van der Waals surface area contributed by atoms with Crippen LogP contribution in [-0.2, 0) is 16.4 Å². The summed E-state index contributed by atoms with van der Waals surface area (Å²) in [4.78, 5) is 0.216. The van der Waals surface area contributed by atoms with Gasteiger partial charge < -0.3 is 0 Å². The first-order chi connectivity index (χ1) is 7.95. The molecule has 0 heterocycles. The van der Waals surface area contributed by atoms with Gasteiger partial charge in [-0.3, -0.25) is 0 Å². The van der Waals surface area contributed by atoms with Gasteiger partial charge in [-0.1, -0.05) is 32.3 Å². The summed E-state index contributed by atoms with van der Waals surface area (Å²) >= 11 is 0. The largest absolute Gasteiger partial charge is 0.238 e. The van der Waals surface area contributed by atoms with Crippen molar-refractivity contribution < 1.29 is 8.42 Å². The summed E-state index contributed by atoms with van der Waals surface area (Å²) in [6.07, 6.45) is 5.65. The van der Waals surface area contributed by atoms with Gasteiger partial charge in [0.25, 0.3) is 0 Å². The third-order valence-corrected chi connectivity index (χ3v) is 3.86. The van der Waals surface area contributed by atoms with E-state index < -0.39 is 10.0 Å². The number of hydrogen-bond acceptors (Lipinski definition) is 2. The van der Waals surface area contributed by atoms with Crippen LogP contribution in [0.4, 0.5) is 0 Å². The minimum atomic E-state index is -3.58. The van der Waals surface area contributed by atoms with Gasteiger partial charge in [0.1, 0.15) is 0 Å². The van der Waals surface area contributed by atoms with E-state index in [0.717, 1.165) is 24.0 Å². The Morgan fingerprint density at radius 3 is 2.47 bits per heavy atom. The Balaban J connectivity index is 2.77. The van der Waals surface area contributed by atoms with Crippen LogP contribution in [-0.4, -0.2) is 8.42 Å². The fourth-order valence-corrected chi connectivity index (χ4v) is 2.40. The summed E-state index contributed by atoms with van der Waals surface area (Å²) < 4.78 is 22.5. The lowest BCUT2D eigenvalue weighted by atomic mass is 10.0. The maximum Gasteiger partial charge on any atom is 0.238 e. The van der Waals surface area contributed by atoms with Crippen LogP contribution in [0.2, 0.25) is 0 Å². The van der Waals surface area contributed by atoms with Crippen LogP contribution in [0.5, 0.6) is 0 Å². The summed E-state index contributed by atoms with van der Waals surface area (Å²) in [5.74, 6) is 0. The minimum absolute atomic E-state index is 0.216. The molecule has 0 saturated heterocycles. The Labute approximate surface area is 104 Å². The van der Waals surface area contributed by atoms with E-state index in [1.807, 2.05) is 13.0 Å². The lowest BCUT2D eigenvalue weighted by Crippen LogP contribution is -2.12. The summed E-state index contributed by atoms with van der Waals surface area (Å²) in [6.45, 7) is 4.18. The third kappa shape index (κ3) is 4.48. The van der Waals surface area contributed by atoms with E-state index in [4.69, 9.17) is 5.14 Å². The molecule has 2 N–H and O–H groups in total. The van der Waals surface area contributed by atoms with Crippen LogP contribution in [0.3, 0.4) is 0 Å². The molecule has 17 heavy (non-hydrogen) atoms. The quantitative estimate of drug-likeness (QED) is 0.794. The second-order valence-electron chi connectivity index (χ2n) is 4.44. The second kappa shape index (κ2) is 6.17. The van der Waals surface area contributed by atoms with E-state index >= 15 is 0 Å². The van der Waals surface area contributed by atoms with Gasteiger partial charge in [-0.05, 0) is 43.0 Å². The van der Waals surface area contributed by atoms with Crippen molar-refractivity contribution in [2.24, 2.45) is 5.14 Å². The second-order valence-corrected chi connectivity index (χ2v) is 6.01. The predicted octanol–water partition coefficient (Wildman–Crippen LogP) is 2.77. The molecule has 0 saturated carbocycles. The van der Waals surface area contributed by atoms with Crippen molar-refractivity contribution in [1.29, 1.82) is 0 Å². The summed E-state index contributed by atoms with van der Waals surface area (Å²) in [5.41, 5.74) is 2.22. The Kier molecular flexibility index (Phi) is 5.15. The number of primary sulfonamides is 1. The van der Waals surface area contributed by atoms with Crippen molar-refractivity contribution in [2.45, 2.75) is 50.8 Å². The molecule has 0 radical (unpaired) electrons. The Bertz CT molecular complexity index is 466. The topological polar surface area (TPSA) is 60.2 Å².